The number of nitrogens with zero attached hydrogens (tertiary/aromatic N) is 3. The number of rotatable bonds is 9. The molecule has 0 aliphatic carbocycles. The van der Waals surface area contributed by atoms with Gasteiger partial charge in [0.1, 0.15) is 0 Å². The van der Waals surface area contributed by atoms with Crippen molar-refractivity contribution < 1.29 is 10.2 Å². The molecular formula is C20H31N3O2. The van der Waals surface area contributed by atoms with Gasteiger partial charge in [0, 0.05) is 44.5 Å². The SMILES string of the molecule is CC(C)(C)c1ccn(-c2ccc(CN(CCCO)CCCO)cc2)n1. The zero-order chi connectivity index (χ0) is 18.3. The first-order chi connectivity index (χ1) is 11.9. The molecule has 0 fully saturated rings. The first-order valence-corrected chi connectivity index (χ1v) is 9.03. The van der Waals surface area contributed by atoms with Crippen LogP contribution in [0.1, 0.15) is 44.9 Å². The largest absolute Gasteiger partial charge is 0.396 e. The van der Waals surface area contributed by atoms with E-state index in [0.717, 1.165) is 43.9 Å². The first kappa shape index (κ1) is 19.6. The minimum Gasteiger partial charge on any atom is -0.396 e. The molecule has 0 amide bonds. The van der Waals surface area contributed by atoms with Crippen molar-refractivity contribution in [3.63, 3.8) is 0 Å². The van der Waals surface area contributed by atoms with Gasteiger partial charge >= 0.3 is 0 Å². The summed E-state index contributed by atoms with van der Waals surface area (Å²) in [6, 6.07) is 10.5. The second kappa shape index (κ2) is 9.13. The molecule has 0 atom stereocenters. The second-order valence-electron chi connectivity index (χ2n) is 7.49. The highest BCUT2D eigenvalue weighted by Crippen LogP contribution is 2.21. The van der Waals surface area contributed by atoms with Gasteiger partial charge < -0.3 is 10.2 Å². The Morgan fingerprint density at radius 3 is 2.04 bits per heavy atom. The first-order valence-electron chi connectivity index (χ1n) is 9.03. The standard InChI is InChI=1S/C20H31N3O2/c1-20(2,3)19-10-13-23(21-19)18-8-6-17(7-9-18)16-22(11-4-14-24)12-5-15-25/h6-10,13,24-25H,4-5,11-12,14-16H2,1-3H3. The molecule has 2 N–H and O–H groups in total. The molecule has 1 heterocycles. The molecule has 138 valence electrons. The Morgan fingerprint density at radius 1 is 0.960 bits per heavy atom. The number of hydrogen-bond donors (Lipinski definition) is 2. The molecule has 0 aliphatic rings. The molecule has 0 spiro atoms. The van der Waals surface area contributed by atoms with E-state index in [1.165, 1.54) is 5.56 Å². The van der Waals surface area contributed by atoms with Gasteiger partial charge in [-0.05, 0) is 36.6 Å². The van der Waals surface area contributed by atoms with E-state index < -0.39 is 0 Å². The Kier molecular flexibility index (Phi) is 7.17. The van der Waals surface area contributed by atoms with Gasteiger partial charge in [-0.3, -0.25) is 4.90 Å². The monoisotopic (exact) mass is 345 g/mol. The minimum atomic E-state index is 0.0467. The quantitative estimate of drug-likeness (QED) is 0.734. The van der Waals surface area contributed by atoms with E-state index in [4.69, 9.17) is 10.2 Å². The van der Waals surface area contributed by atoms with E-state index in [1.807, 2.05) is 10.9 Å². The number of aliphatic hydroxyl groups excluding tert-OH is 2. The molecule has 2 rings (SSSR count). The fourth-order valence-corrected chi connectivity index (χ4v) is 2.74. The fourth-order valence-electron chi connectivity index (χ4n) is 2.74. The van der Waals surface area contributed by atoms with Crippen LogP contribution in [0, 0.1) is 0 Å². The highest BCUT2D eigenvalue weighted by molar-refractivity contribution is 5.34. The van der Waals surface area contributed by atoms with Crippen LogP contribution in [-0.4, -0.2) is 51.2 Å². The van der Waals surface area contributed by atoms with Crippen molar-refractivity contribution in [2.45, 2.75) is 45.6 Å². The van der Waals surface area contributed by atoms with Crippen molar-refractivity contribution in [2.75, 3.05) is 26.3 Å². The van der Waals surface area contributed by atoms with Crippen molar-refractivity contribution >= 4 is 0 Å². The van der Waals surface area contributed by atoms with Crippen LogP contribution in [0.5, 0.6) is 0 Å². The topological polar surface area (TPSA) is 61.5 Å². The lowest BCUT2D eigenvalue weighted by Crippen LogP contribution is -2.26. The molecule has 25 heavy (non-hydrogen) atoms. The maximum absolute atomic E-state index is 9.04. The third-order valence-electron chi connectivity index (χ3n) is 4.23. The summed E-state index contributed by atoms with van der Waals surface area (Å²) in [7, 11) is 0. The van der Waals surface area contributed by atoms with Gasteiger partial charge in [0.25, 0.3) is 0 Å². The summed E-state index contributed by atoms with van der Waals surface area (Å²) in [5.74, 6) is 0. The molecule has 0 radical (unpaired) electrons. The number of hydrogen-bond acceptors (Lipinski definition) is 4. The Balaban J connectivity index is 2.04. The number of aromatic nitrogens is 2. The van der Waals surface area contributed by atoms with Crippen molar-refractivity contribution in [1.82, 2.24) is 14.7 Å². The van der Waals surface area contributed by atoms with Crippen molar-refractivity contribution in [3.05, 3.63) is 47.8 Å². The van der Waals surface area contributed by atoms with Gasteiger partial charge in [-0.1, -0.05) is 32.9 Å². The summed E-state index contributed by atoms with van der Waals surface area (Å²) in [6.45, 7) is 9.39. The van der Waals surface area contributed by atoms with Crippen LogP contribution in [0.15, 0.2) is 36.5 Å². The average Bonchev–Trinajstić information content (AvgIpc) is 3.08. The van der Waals surface area contributed by atoms with Gasteiger partial charge in [-0.15, -0.1) is 0 Å². The second-order valence-corrected chi connectivity index (χ2v) is 7.49. The summed E-state index contributed by atoms with van der Waals surface area (Å²) in [5, 5.41) is 22.8. The summed E-state index contributed by atoms with van der Waals surface area (Å²) in [6.07, 6.45) is 3.52. The normalized spacial score (nSPS) is 12.1. The lowest BCUT2D eigenvalue weighted by molar-refractivity contribution is 0.196. The molecule has 1 aromatic carbocycles. The predicted octanol–water partition coefficient (Wildman–Crippen LogP) is 2.74. The van der Waals surface area contributed by atoms with Crippen LogP contribution < -0.4 is 0 Å². The van der Waals surface area contributed by atoms with Gasteiger partial charge in [0.2, 0.25) is 0 Å². The van der Waals surface area contributed by atoms with Crippen molar-refractivity contribution in [2.24, 2.45) is 0 Å². The summed E-state index contributed by atoms with van der Waals surface area (Å²) < 4.78 is 1.92. The maximum Gasteiger partial charge on any atom is 0.0682 e. The Morgan fingerprint density at radius 2 is 1.56 bits per heavy atom. The molecule has 0 saturated heterocycles. The van der Waals surface area contributed by atoms with E-state index in [9.17, 15) is 0 Å². The van der Waals surface area contributed by atoms with E-state index in [2.05, 4.69) is 61.1 Å². The van der Waals surface area contributed by atoms with Crippen LogP contribution in [-0.2, 0) is 12.0 Å². The summed E-state index contributed by atoms with van der Waals surface area (Å²) in [5.41, 5.74) is 3.40. The molecule has 1 aromatic heterocycles. The lowest BCUT2D eigenvalue weighted by Gasteiger charge is -2.21. The van der Waals surface area contributed by atoms with E-state index >= 15 is 0 Å². The zero-order valence-corrected chi connectivity index (χ0v) is 15.6. The molecule has 0 bridgehead atoms. The highest BCUT2D eigenvalue weighted by Gasteiger charge is 2.17. The summed E-state index contributed by atoms with van der Waals surface area (Å²) >= 11 is 0. The van der Waals surface area contributed by atoms with Crippen molar-refractivity contribution in [3.8, 4) is 5.69 Å². The van der Waals surface area contributed by atoms with Gasteiger partial charge in [-0.25, -0.2) is 4.68 Å². The van der Waals surface area contributed by atoms with Crippen LogP contribution in [0.25, 0.3) is 5.69 Å². The molecule has 0 aliphatic heterocycles. The van der Waals surface area contributed by atoms with Crippen LogP contribution in [0.4, 0.5) is 0 Å². The summed E-state index contributed by atoms with van der Waals surface area (Å²) in [4.78, 5) is 2.27. The zero-order valence-electron chi connectivity index (χ0n) is 15.6. The number of benzene rings is 1. The molecule has 2 aromatic rings. The van der Waals surface area contributed by atoms with E-state index in [-0.39, 0.29) is 18.6 Å². The Bertz CT molecular complexity index is 621. The van der Waals surface area contributed by atoms with Crippen molar-refractivity contribution in [1.29, 1.82) is 0 Å². The van der Waals surface area contributed by atoms with Gasteiger partial charge in [0.15, 0.2) is 0 Å². The minimum absolute atomic E-state index is 0.0467. The molecule has 0 unspecified atom stereocenters. The Hall–Kier alpha value is -1.69. The van der Waals surface area contributed by atoms with Crippen LogP contribution in [0.3, 0.4) is 0 Å². The molecule has 5 nitrogen and oxygen atoms in total. The van der Waals surface area contributed by atoms with E-state index in [1.54, 1.807) is 0 Å². The molecule has 5 heteroatoms. The smallest absolute Gasteiger partial charge is 0.0682 e. The number of aliphatic hydroxyl groups is 2. The highest BCUT2D eigenvalue weighted by atomic mass is 16.3. The van der Waals surface area contributed by atoms with Gasteiger partial charge in [-0.2, -0.15) is 5.10 Å². The third-order valence-corrected chi connectivity index (χ3v) is 4.23. The third kappa shape index (κ3) is 5.96. The van der Waals surface area contributed by atoms with Crippen LogP contribution in [0.2, 0.25) is 0 Å². The Labute approximate surface area is 150 Å². The average molecular weight is 345 g/mol. The molecule has 0 saturated carbocycles. The maximum atomic E-state index is 9.04. The van der Waals surface area contributed by atoms with Gasteiger partial charge in [0.05, 0.1) is 11.4 Å². The lowest BCUT2D eigenvalue weighted by atomic mass is 9.93. The predicted molar refractivity (Wildman–Crippen MR) is 101 cm³/mol. The van der Waals surface area contributed by atoms with E-state index in [0.29, 0.717) is 0 Å². The fraction of sp³-hybridized carbons (Fsp3) is 0.550. The van der Waals surface area contributed by atoms with Crippen LogP contribution >= 0.6 is 0 Å². The molecular weight excluding hydrogens is 314 g/mol.